The Balaban J connectivity index is 2.51. The highest BCUT2D eigenvalue weighted by Gasteiger charge is 2.23. The van der Waals surface area contributed by atoms with Crippen LogP contribution >= 0.6 is 11.9 Å². The molecule has 0 aliphatic carbocycles. The summed E-state index contributed by atoms with van der Waals surface area (Å²) in [7, 11) is 1.82. The summed E-state index contributed by atoms with van der Waals surface area (Å²) in [5.41, 5.74) is 0. The van der Waals surface area contributed by atoms with Crippen molar-refractivity contribution in [3.8, 4) is 0 Å². The maximum absolute atomic E-state index is 10.7. The van der Waals surface area contributed by atoms with Gasteiger partial charge in [0.05, 0.1) is 0 Å². The lowest BCUT2D eigenvalue weighted by molar-refractivity contribution is -0.124. The van der Waals surface area contributed by atoms with Crippen molar-refractivity contribution in [2.45, 2.75) is 18.6 Å². The minimum atomic E-state index is 0.252. The minimum Gasteiger partial charge on any atom is -0.289 e. The van der Waals surface area contributed by atoms with Crippen molar-refractivity contribution in [1.82, 2.24) is 4.31 Å². The molecule has 1 saturated heterocycles. The number of rotatable bonds is 0. The van der Waals surface area contributed by atoms with Gasteiger partial charge in [-0.05, 0) is 11.9 Å². The van der Waals surface area contributed by atoms with Gasteiger partial charge in [-0.1, -0.05) is 6.92 Å². The van der Waals surface area contributed by atoms with E-state index in [1.807, 2.05) is 7.05 Å². The molecule has 0 bridgehead atoms. The number of carbonyl (C=O) groups excluding carboxylic acids is 1. The zero-order chi connectivity index (χ0) is 6.15. The zero-order valence-electron chi connectivity index (χ0n) is 5.05. The van der Waals surface area contributed by atoms with Gasteiger partial charge >= 0.3 is 0 Å². The van der Waals surface area contributed by atoms with Crippen molar-refractivity contribution < 1.29 is 4.79 Å². The molecular formula is C5H9NOS. The first-order chi connectivity index (χ1) is 3.70. The Bertz CT molecular complexity index is 115. The highest BCUT2D eigenvalue weighted by atomic mass is 32.2. The summed E-state index contributed by atoms with van der Waals surface area (Å²) >= 11 is 1.61. The molecule has 2 nitrogen and oxygen atoms in total. The number of nitrogens with zero attached hydrogens (tertiary/aromatic N) is 1. The van der Waals surface area contributed by atoms with Gasteiger partial charge in [0.1, 0.15) is 0 Å². The smallest absolute Gasteiger partial charge is 0.233 e. The Morgan fingerprint density at radius 1 is 1.88 bits per heavy atom. The Morgan fingerprint density at radius 3 is 2.62 bits per heavy atom. The van der Waals surface area contributed by atoms with Crippen LogP contribution in [0.2, 0.25) is 0 Å². The van der Waals surface area contributed by atoms with Crippen molar-refractivity contribution >= 4 is 17.9 Å². The lowest BCUT2D eigenvalue weighted by Gasteiger charge is -2.03. The molecule has 3 heteroatoms. The second kappa shape index (κ2) is 1.97. The van der Waals surface area contributed by atoms with E-state index in [1.54, 1.807) is 16.3 Å². The molecule has 0 N–H and O–H groups in total. The highest BCUT2D eigenvalue weighted by molar-refractivity contribution is 7.98. The number of carbonyl (C=O) groups is 1. The summed E-state index contributed by atoms with van der Waals surface area (Å²) in [6.07, 6.45) is 0.709. The summed E-state index contributed by atoms with van der Waals surface area (Å²) in [5.74, 6) is 0.252. The van der Waals surface area contributed by atoms with E-state index in [4.69, 9.17) is 0 Å². The van der Waals surface area contributed by atoms with Crippen molar-refractivity contribution in [3.63, 3.8) is 0 Å². The molecule has 1 unspecified atom stereocenters. The molecule has 8 heavy (non-hydrogen) atoms. The van der Waals surface area contributed by atoms with E-state index in [-0.39, 0.29) is 5.91 Å². The molecule has 1 rings (SSSR count). The number of hydrogen-bond donors (Lipinski definition) is 0. The van der Waals surface area contributed by atoms with Crippen LogP contribution in [0.25, 0.3) is 0 Å². The third-order valence-corrected chi connectivity index (χ3v) is 2.20. The highest BCUT2D eigenvalue weighted by Crippen LogP contribution is 2.26. The van der Waals surface area contributed by atoms with E-state index in [0.29, 0.717) is 11.7 Å². The first-order valence-corrected chi connectivity index (χ1v) is 3.47. The fourth-order valence-corrected chi connectivity index (χ4v) is 1.69. The lowest BCUT2D eigenvalue weighted by Crippen LogP contribution is -2.10. The van der Waals surface area contributed by atoms with E-state index >= 15 is 0 Å². The maximum Gasteiger partial charge on any atom is 0.233 e. The molecule has 1 fully saturated rings. The second-order valence-corrected chi connectivity index (χ2v) is 3.57. The minimum absolute atomic E-state index is 0.252. The van der Waals surface area contributed by atoms with Crippen molar-refractivity contribution in [2.75, 3.05) is 7.05 Å². The molecule has 0 radical (unpaired) electrons. The monoisotopic (exact) mass is 131 g/mol. The van der Waals surface area contributed by atoms with Crippen LogP contribution in [0.5, 0.6) is 0 Å². The summed E-state index contributed by atoms with van der Waals surface area (Å²) in [5, 5.41) is 0.493. The zero-order valence-corrected chi connectivity index (χ0v) is 5.86. The predicted molar refractivity (Wildman–Crippen MR) is 34.4 cm³/mol. The quantitative estimate of drug-likeness (QED) is 0.455. The van der Waals surface area contributed by atoms with Gasteiger partial charge in [-0.2, -0.15) is 0 Å². The van der Waals surface area contributed by atoms with Gasteiger partial charge in [0.15, 0.2) is 0 Å². The van der Waals surface area contributed by atoms with Crippen LogP contribution in [0.1, 0.15) is 13.3 Å². The van der Waals surface area contributed by atoms with Gasteiger partial charge in [-0.25, -0.2) is 0 Å². The second-order valence-electron chi connectivity index (χ2n) is 2.01. The largest absolute Gasteiger partial charge is 0.289 e. The van der Waals surface area contributed by atoms with Crippen LogP contribution in [0.4, 0.5) is 0 Å². The Morgan fingerprint density at radius 2 is 2.50 bits per heavy atom. The van der Waals surface area contributed by atoms with Gasteiger partial charge in [0, 0.05) is 18.7 Å². The Hall–Kier alpha value is -0.180. The normalized spacial score (nSPS) is 29.5. The van der Waals surface area contributed by atoms with Crippen molar-refractivity contribution in [2.24, 2.45) is 0 Å². The van der Waals surface area contributed by atoms with Gasteiger partial charge in [-0.15, -0.1) is 0 Å². The Labute approximate surface area is 53.4 Å². The summed E-state index contributed by atoms with van der Waals surface area (Å²) in [6, 6.07) is 0. The standard InChI is InChI=1S/C5H9NOS/c1-4-3-5(7)6(2)8-4/h4H,3H2,1-2H3. The third-order valence-electron chi connectivity index (χ3n) is 1.15. The van der Waals surface area contributed by atoms with Crippen LogP contribution < -0.4 is 0 Å². The Kier molecular flexibility index (Phi) is 1.47. The lowest BCUT2D eigenvalue weighted by atomic mass is 10.3. The van der Waals surface area contributed by atoms with E-state index in [2.05, 4.69) is 6.92 Å². The average molecular weight is 131 g/mol. The summed E-state index contributed by atoms with van der Waals surface area (Å²) < 4.78 is 1.70. The van der Waals surface area contributed by atoms with Gasteiger partial charge < -0.3 is 0 Å². The molecule has 1 heterocycles. The van der Waals surface area contributed by atoms with Crippen LogP contribution in [0.15, 0.2) is 0 Å². The number of hydrogen-bond acceptors (Lipinski definition) is 2. The molecule has 1 aliphatic rings. The summed E-state index contributed by atoms with van der Waals surface area (Å²) in [6.45, 7) is 2.06. The third kappa shape index (κ3) is 0.968. The molecule has 0 spiro atoms. The molecule has 1 amide bonds. The summed E-state index contributed by atoms with van der Waals surface area (Å²) in [4.78, 5) is 10.7. The first-order valence-electron chi connectivity index (χ1n) is 2.63. The number of amides is 1. The van der Waals surface area contributed by atoms with Crippen LogP contribution in [-0.2, 0) is 4.79 Å². The molecule has 0 aromatic rings. The SMILES string of the molecule is CC1CC(=O)N(C)S1. The predicted octanol–water partition coefficient (Wildman–Crippen LogP) is 0.885. The van der Waals surface area contributed by atoms with Crippen LogP contribution in [-0.4, -0.2) is 22.5 Å². The molecule has 0 aromatic heterocycles. The van der Waals surface area contributed by atoms with E-state index < -0.39 is 0 Å². The fourth-order valence-electron chi connectivity index (χ4n) is 0.740. The molecule has 1 atom stereocenters. The van der Waals surface area contributed by atoms with E-state index in [1.165, 1.54) is 0 Å². The molecule has 0 aromatic carbocycles. The molecule has 1 aliphatic heterocycles. The van der Waals surface area contributed by atoms with Crippen molar-refractivity contribution in [3.05, 3.63) is 0 Å². The van der Waals surface area contributed by atoms with Crippen LogP contribution in [0, 0.1) is 0 Å². The van der Waals surface area contributed by atoms with Gasteiger partial charge in [0.25, 0.3) is 0 Å². The van der Waals surface area contributed by atoms with Gasteiger partial charge in [0.2, 0.25) is 5.91 Å². The first kappa shape index (κ1) is 5.95. The van der Waals surface area contributed by atoms with Gasteiger partial charge in [-0.3, -0.25) is 9.10 Å². The fraction of sp³-hybridized carbons (Fsp3) is 0.800. The van der Waals surface area contributed by atoms with E-state index in [0.717, 1.165) is 0 Å². The average Bonchev–Trinajstić information content (AvgIpc) is 1.85. The molecule has 0 saturated carbocycles. The molecule has 46 valence electrons. The maximum atomic E-state index is 10.7. The topological polar surface area (TPSA) is 20.3 Å². The van der Waals surface area contributed by atoms with Crippen molar-refractivity contribution in [1.29, 1.82) is 0 Å². The van der Waals surface area contributed by atoms with E-state index in [9.17, 15) is 4.79 Å². The molecular weight excluding hydrogens is 122 g/mol. The van der Waals surface area contributed by atoms with Crippen LogP contribution in [0.3, 0.4) is 0 Å².